The van der Waals surface area contributed by atoms with Gasteiger partial charge in [-0.2, -0.15) is 0 Å². The Hall–Kier alpha value is 0.708. The van der Waals surface area contributed by atoms with E-state index in [4.69, 9.17) is 16.5 Å². The van der Waals surface area contributed by atoms with Crippen LogP contribution in [-0.2, 0) is 16.5 Å². The maximum absolute atomic E-state index is 7.89. The third-order valence-electron chi connectivity index (χ3n) is 8.21. The molecule has 1 aliphatic heterocycles. The Kier molecular flexibility index (Phi) is 11.3. The second-order valence-corrected chi connectivity index (χ2v) is 32.7. The quantitative estimate of drug-likeness (QED) is 0.269. The molecule has 0 aromatic rings. The Balaban J connectivity index is 4.27. The molecule has 0 atom stereocenters. The molecule has 0 N–H and O–H groups in total. The lowest BCUT2D eigenvalue weighted by Gasteiger charge is -2.63. The van der Waals surface area contributed by atoms with Crippen molar-refractivity contribution in [3.05, 3.63) is 0 Å². The molecule has 0 aromatic heterocycles. The van der Waals surface area contributed by atoms with Crippen molar-refractivity contribution in [3.8, 4) is 0 Å². The van der Waals surface area contributed by atoms with E-state index in [1.807, 2.05) is 0 Å². The summed E-state index contributed by atoms with van der Waals surface area (Å²) in [6.45, 7) is 37.5. The largest absolute Gasteiger partial charge is 0.415 e. The predicted octanol–water partition coefficient (Wildman–Crippen LogP) is 10.7. The Morgan fingerprint density at radius 2 is 0.472 bits per heavy atom. The number of hydrogen-bond acceptors (Lipinski definition) is 4. The first-order valence-electron chi connectivity index (χ1n) is 14.9. The molecular weight excluding hydrogens is 513 g/mol. The van der Waals surface area contributed by atoms with E-state index in [-0.39, 0.29) is 20.2 Å². The standard InChI is InChI=1S/C28H64O4Si4/c1-17-21-33(25(5,6)7)29-34(22-18-2,26(8,9)10)31-36(24-20-4,28(14,15)16)32-35(30-33,23-19-3)27(11,12)13/h17-24H2,1-16H3. The summed E-state index contributed by atoms with van der Waals surface area (Å²) in [5.74, 6) is 0. The van der Waals surface area contributed by atoms with E-state index >= 15 is 0 Å². The molecule has 0 amide bonds. The van der Waals surface area contributed by atoms with Crippen molar-refractivity contribution < 1.29 is 16.5 Å². The molecule has 0 spiro atoms. The molecule has 1 rings (SSSR count). The summed E-state index contributed by atoms with van der Waals surface area (Å²) in [5.41, 5.74) is 0. The van der Waals surface area contributed by atoms with Gasteiger partial charge in [-0.25, -0.2) is 0 Å². The van der Waals surface area contributed by atoms with Crippen LogP contribution >= 0.6 is 0 Å². The molecule has 0 saturated carbocycles. The SMILES string of the molecule is CCC[Si]1(C(C)(C)C)O[Si](CCC)(C(C)(C)C)O[Si](CCC)(C(C)(C)C)O[Si](CCC)(C(C)(C)C)O1. The van der Waals surface area contributed by atoms with E-state index in [1.54, 1.807) is 0 Å². The molecule has 0 aromatic carbocycles. The van der Waals surface area contributed by atoms with Crippen LogP contribution in [-0.4, -0.2) is 34.2 Å². The van der Waals surface area contributed by atoms with Crippen molar-refractivity contribution >= 4 is 34.2 Å². The van der Waals surface area contributed by atoms with Gasteiger partial charge >= 0.3 is 34.2 Å². The van der Waals surface area contributed by atoms with Crippen LogP contribution in [0.15, 0.2) is 0 Å². The molecular formula is C28H64O4Si4. The van der Waals surface area contributed by atoms with E-state index in [0.29, 0.717) is 0 Å². The molecule has 1 fully saturated rings. The first-order chi connectivity index (χ1) is 16.1. The first kappa shape index (κ1) is 34.7. The smallest absolute Gasteiger partial charge is 0.326 e. The average molecular weight is 577 g/mol. The zero-order valence-electron chi connectivity index (χ0n) is 27.3. The summed E-state index contributed by atoms with van der Waals surface area (Å²) < 4.78 is 31.6. The van der Waals surface area contributed by atoms with Gasteiger partial charge in [0.15, 0.2) is 0 Å². The van der Waals surface area contributed by atoms with Gasteiger partial charge < -0.3 is 16.5 Å². The summed E-state index contributed by atoms with van der Waals surface area (Å²) in [7, 11) is -11.1. The van der Waals surface area contributed by atoms with Gasteiger partial charge in [-0.3, -0.25) is 0 Å². The van der Waals surface area contributed by atoms with Crippen molar-refractivity contribution in [2.75, 3.05) is 0 Å². The maximum atomic E-state index is 7.89. The predicted molar refractivity (Wildman–Crippen MR) is 167 cm³/mol. The molecule has 1 heterocycles. The second kappa shape index (κ2) is 11.7. The first-order valence-corrected chi connectivity index (χ1v) is 23.0. The summed E-state index contributed by atoms with van der Waals surface area (Å²) in [6, 6.07) is 3.96. The Bertz CT molecular complexity index is 570. The molecule has 1 aliphatic rings. The van der Waals surface area contributed by atoms with E-state index in [2.05, 4.69) is 111 Å². The monoisotopic (exact) mass is 576 g/mol. The van der Waals surface area contributed by atoms with E-state index in [0.717, 1.165) is 49.9 Å². The minimum absolute atomic E-state index is 0.0851. The summed E-state index contributed by atoms with van der Waals surface area (Å²) in [5, 5.41) is -0.340. The fraction of sp³-hybridized carbons (Fsp3) is 1.00. The van der Waals surface area contributed by atoms with Crippen molar-refractivity contribution in [1.82, 2.24) is 0 Å². The van der Waals surface area contributed by atoms with Crippen molar-refractivity contribution in [2.24, 2.45) is 0 Å². The molecule has 4 nitrogen and oxygen atoms in total. The number of rotatable bonds is 8. The van der Waals surface area contributed by atoms with Gasteiger partial charge in [-0.1, -0.05) is 136 Å². The van der Waals surface area contributed by atoms with Gasteiger partial charge in [0.25, 0.3) is 0 Å². The molecule has 1 saturated heterocycles. The zero-order valence-corrected chi connectivity index (χ0v) is 31.3. The van der Waals surface area contributed by atoms with E-state index < -0.39 is 34.2 Å². The van der Waals surface area contributed by atoms with Crippen LogP contribution in [0.5, 0.6) is 0 Å². The fourth-order valence-corrected chi connectivity index (χ4v) is 35.0. The summed E-state index contributed by atoms with van der Waals surface area (Å²) in [4.78, 5) is 0. The van der Waals surface area contributed by atoms with Gasteiger partial charge in [0.05, 0.1) is 0 Å². The highest BCUT2D eigenvalue weighted by molar-refractivity contribution is 6.97. The van der Waals surface area contributed by atoms with Gasteiger partial charge in [0.2, 0.25) is 0 Å². The summed E-state index contributed by atoms with van der Waals surface area (Å²) >= 11 is 0. The highest BCUT2D eigenvalue weighted by atomic mass is 28.5. The van der Waals surface area contributed by atoms with Crippen molar-refractivity contribution in [2.45, 2.75) is 181 Å². The maximum Gasteiger partial charge on any atom is 0.326 e. The van der Waals surface area contributed by atoms with Crippen LogP contribution < -0.4 is 0 Å². The lowest BCUT2D eigenvalue weighted by molar-refractivity contribution is 0.158. The third-order valence-corrected chi connectivity index (χ3v) is 32.5. The lowest BCUT2D eigenvalue weighted by atomic mass is 10.2. The molecule has 216 valence electrons. The Morgan fingerprint density at radius 1 is 0.333 bits per heavy atom. The van der Waals surface area contributed by atoms with Crippen molar-refractivity contribution in [3.63, 3.8) is 0 Å². The van der Waals surface area contributed by atoms with Gasteiger partial charge in [-0.15, -0.1) is 0 Å². The normalized spacial score (nSPS) is 33.3. The van der Waals surface area contributed by atoms with Crippen LogP contribution in [0.3, 0.4) is 0 Å². The highest BCUT2D eigenvalue weighted by Crippen LogP contribution is 2.59. The molecule has 0 radical (unpaired) electrons. The van der Waals surface area contributed by atoms with Crippen LogP contribution in [0.4, 0.5) is 0 Å². The Labute approximate surface area is 231 Å². The lowest BCUT2D eigenvalue weighted by Crippen LogP contribution is -2.76. The minimum Gasteiger partial charge on any atom is -0.415 e. The fourth-order valence-electron chi connectivity index (χ4n) is 5.60. The van der Waals surface area contributed by atoms with Gasteiger partial charge in [0, 0.05) is 20.2 Å². The molecule has 0 bridgehead atoms. The average Bonchev–Trinajstić information content (AvgIpc) is 2.63. The third kappa shape index (κ3) is 6.70. The topological polar surface area (TPSA) is 36.9 Å². The van der Waals surface area contributed by atoms with E-state index in [9.17, 15) is 0 Å². The highest BCUT2D eigenvalue weighted by Gasteiger charge is 2.71. The number of hydrogen-bond donors (Lipinski definition) is 0. The van der Waals surface area contributed by atoms with Crippen LogP contribution in [0.25, 0.3) is 0 Å². The minimum atomic E-state index is -2.78. The molecule has 36 heavy (non-hydrogen) atoms. The molecule has 0 aliphatic carbocycles. The summed E-state index contributed by atoms with van der Waals surface area (Å²) in [6.07, 6.45) is 4.23. The van der Waals surface area contributed by atoms with Crippen LogP contribution in [0, 0.1) is 0 Å². The van der Waals surface area contributed by atoms with Crippen LogP contribution in [0.2, 0.25) is 44.3 Å². The molecule has 0 unspecified atom stereocenters. The van der Waals surface area contributed by atoms with E-state index in [1.165, 1.54) is 0 Å². The van der Waals surface area contributed by atoms with Gasteiger partial charge in [-0.05, 0) is 24.2 Å². The van der Waals surface area contributed by atoms with Crippen LogP contribution in [0.1, 0.15) is 136 Å². The molecule has 8 heteroatoms. The van der Waals surface area contributed by atoms with Crippen molar-refractivity contribution in [1.29, 1.82) is 0 Å². The zero-order chi connectivity index (χ0) is 28.5. The van der Waals surface area contributed by atoms with Gasteiger partial charge in [0.1, 0.15) is 0 Å². The Morgan fingerprint density at radius 3 is 0.556 bits per heavy atom. The second-order valence-electron chi connectivity index (χ2n) is 15.4.